The fourth-order valence-corrected chi connectivity index (χ4v) is 2.48. The molecule has 0 fully saturated rings. The molecule has 4 heteroatoms. The summed E-state index contributed by atoms with van der Waals surface area (Å²) >= 11 is 0. The Morgan fingerprint density at radius 3 is 2.36 bits per heavy atom. The summed E-state index contributed by atoms with van der Waals surface area (Å²) in [5, 5.41) is 2.93. The average molecular weight is 341 g/mol. The molecule has 0 saturated heterocycles. The number of nitrogens with one attached hydrogen (secondary N) is 1. The fourth-order valence-electron chi connectivity index (χ4n) is 2.48. The van der Waals surface area contributed by atoms with Crippen molar-refractivity contribution < 1.29 is 14.3 Å². The van der Waals surface area contributed by atoms with Crippen LogP contribution in [0.2, 0.25) is 0 Å². The standard InChI is InChI=1S/C21H27NO3/c1-15-7-10-20(14-16(15)2)25-17(3)21(23)22-13-5-6-18-8-11-19(24-4)12-9-18/h7-12,14,17H,5-6,13H2,1-4H3,(H,22,23)/t17-/m1/s1. The largest absolute Gasteiger partial charge is 0.497 e. The Morgan fingerprint density at radius 1 is 1.04 bits per heavy atom. The molecule has 2 rings (SSSR count). The van der Waals surface area contributed by atoms with Crippen molar-refractivity contribution in [3.8, 4) is 11.5 Å². The van der Waals surface area contributed by atoms with Crippen molar-refractivity contribution in [1.82, 2.24) is 5.32 Å². The van der Waals surface area contributed by atoms with E-state index in [1.807, 2.05) is 49.4 Å². The number of hydrogen-bond donors (Lipinski definition) is 1. The van der Waals surface area contributed by atoms with Crippen molar-refractivity contribution in [2.75, 3.05) is 13.7 Å². The van der Waals surface area contributed by atoms with Crippen molar-refractivity contribution in [2.24, 2.45) is 0 Å². The number of amides is 1. The summed E-state index contributed by atoms with van der Waals surface area (Å²) in [7, 11) is 1.66. The van der Waals surface area contributed by atoms with E-state index >= 15 is 0 Å². The molecule has 2 aromatic carbocycles. The van der Waals surface area contributed by atoms with E-state index in [4.69, 9.17) is 9.47 Å². The lowest BCUT2D eigenvalue weighted by Crippen LogP contribution is -2.36. The molecule has 0 spiro atoms. The van der Waals surface area contributed by atoms with Crippen LogP contribution < -0.4 is 14.8 Å². The lowest BCUT2D eigenvalue weighted by Gasteiger charge is -2.15. The smallest absolute Gasteiger partial charge is 0.260 e. The number of hydrogen-bond acceptors (Lipinski definition) is 3. The number of methoxy groups -OCH3 is 1. The Hall–Kier alpha value is -2.49. The third-order valence-corrected chi connectivity index (χ3v) is 4.26. The molecular weight excluding hydrogens is 314 g/mol. The molecule has 25 heavy (non-hydrogen) atoms. The van der Waals surface area contributed by atoms with E-state index in [0.717, 1.165) is 29.9 Å². The van der Waals surface area contributed by atoms with Gasteiger partial charge in [0.1, 0.15) is 11.5 Å². The Bertz CT molecular complexity index is 695. The highest BCUT2D eigenvalue weighted by Gasteiger charge is 2.14. The maximum atomic E-state index is 12.1. The second-order valence-electron chi connectivity index (χ2n) is 6.25. The molecule has 0 radical (unpaired) electrons. The molecule has 4 nitrogen and oxygen atoms in total. The highest BCUT2D eigenvalue weighted by molar-refractivity contribution is 5.80. The molecule has 0 bridgehead atoms. The van der Waals surface area contributed by atoms with Gasteiger partial charge >= 0.3 is 0 Å². The summed E-state index contributed by atoms with van der Waals surface area (Å²) in [6.07, 6.45) is 1.29. The van der Waals surface area contributed by atoms with Crippen LogP contribution in [0.3, 0.4) is 0 Å². The van der Waals surface area contributed by atoms with Gasteiger partial charge in [-0.2, -0.15) is 0 Å². The van der Waals surface area contributed by atoms with Gasteiger partial charge in [0.15, 0.2) is 6.10 Å². The minimum atomic E-state index is -0.511. The SMILES string of the molecule is COc1ccc(CCCNC(=O)[C@@H](C)Oc2ccc(C)c(C)c2)cc1. The minimum absolute atomic E-state index is 0.0899. The van der Waals surface area contributed by atoms with Crippen LogP contribution in [-0.4, -0.2) is 25.7 Å². The van der Waals surface area contributed by atoms with E-state index in [9.17, 15) is 4.79 Å². The average Bonchev–Trinajstić information content (AvgIpc) is 2.62. The molecule has 0 aromatic heterocycles. The summed E-state index contributed by atoms with van der Waals surface area (Å²) in [6.45, 7) is 6.49. The minimum Gasteiger partial charge on any atom is -0.497 e. The molecule has 1 N–H and O–H groups in total. The van der Waals surface area contributed by atoms with Gasteiger partial charge in [-0.3, -0.25) is 4.79 Å². The third-order valence-electron chi connectivity index (χ3n) is 4.26. The van der Waals surface area contributed by atoms with Crippen LogP contribution in [0.5, 0.6) is 11.5 Å². The Morgan fingerprint density at radius 2 is 1.72 bits per heavy atom. The first-order chi connectivity index (χ1) is 12.0. The Labute approximate surface area is 150 Å². The third kappa shape index (κ3) is 5.82. The summed E-state index contributed by atoms with van der Waals surface area (Å²) in [6, 6.07) is 13.9. The first-order valence-electron chi connectivity index (χ1n) is 8.64. The zero-order valence-corrected chi connectivity index (χ0v) is 15.5. The predicted molar refractivity (Wildman–Crippen MR) is 100 cm³/mol. The number of aryl methyl sites for hydroxylation is 3. The topological polar surface area (TPSA) is 47.6 Å². The van der Waals surface area contributed by atoms with E-state index in [0.29, 0.717) is 6.54 Å². The molecule has 0 aliphatic heterocycles. The van der Waals surface area contributed by atoms with Gasteiger partial charge in [0, 0.05) is 6.54 Å². The maximum Gasteiger partial charge on any atom is 0.260 e. The number of ether oxygens (including phenoxy) is 2. The van der Waals surface area contributed by atoms with E-state index in [1.165, 1.54) is 11.1 Å². The first kappa shape index (κ1) is 18.8. The monoisotopic (exact) mass is 341 g/mol. The molecule has 0 aliphatic rings. The molecule has 0 saturated carbocycles. The van der Waals surface area contributed by atoms with Crippen LogP contribution in [0.25, 0.3) is 0 Å². The predicted octanol–water partition coefficient (Wildman–Crippen LogP) is 3.83. The number of carbonyl (C=O) groups is 1. The highest BCUT2D eigenvalue weighted by atomic mass is 16.5. The van der Waals surface area contributed by atoms with Crippen LogP contribution in [-0.2, 0) is 11.2 Å². The van der Waals surface area contributed by atoms with Crippen molar-refractivity contribution in [1.29, 1.82) is 0 Å². The number of benzene rings is 2. The van der Waals surface area contributed by atoms with Crippen LogP contribution in [0.1, 0.15) is 30.0 Å². The van der Waals surface area contributed by atoms with Gasteiger partial charge in [0.2, 0.25) is 0 Å². The molecule has 0 unspecified atom stereocenters. The van der Waals surface area contributed by atoms with Crippen molar-refractivity contribution in [2.45, 2.75) is 39.7 Å². The van der Waals surface area contributed by atoms with Gasteiger partial charge in [-0.1, -0.05) is 18.2 Å². The molecule has 1 atom stereocenters. The molecule has 0 heterocycles. The number of rotatable bonds is 8. The molecule has 0 aliphatic carbocycles. The fraction of sp³-hybridized carbons (Fsp3) is 0.381. The van der Waals surface area contributed by atoms with Gasteiger partial charge in [0.05, 0.1) is 7.11 Å². The van der Waals surface area contributed by atoms with Gasteiger partial charge in [-0.25, -0.2) is 0 Å². The Balaban J connectivity index is 1.72. The van der Waals surface area contributed by atoms with Crippen molar-refractivity contribution in [3.63, 3.8) is 0 Å². The van der Waals surface area contributed by atoms with Crippen molar-refractivity contribution in [3.05, 3.63) is 59.2 Å². The van der Waals surface area contributed by atoms with Crippen LogP contribution in [0.4, 0.5) is 0 Å². The highest BCUT2D eigenvalue weighted by Crippen LogP contribution is 2.17. The summed E-state index contributed by atoms with van der Waals surface area (Å²) in [5.41, 5.74) is 3.60. The van der Waals surface area contributed by atoms with Gasteiger partial charge in [0.25, 0.3) is 5.91 Å². The molecule has 2 aromatic rings. The van der Waals surface area contributed by atoms with Crippen LogP contribution in [0.15, 0.2) is 42.5 Å². The normalized spacial score (nSPS) is 11.7. The quantitative estimate of drug-likeness (QED) is 0.742. The lowest BCUT2D eigenvalue weighted by atomic mass is 10.1. The molecular formula is C21H27NO3. The molecule has 134 valence electrons. The second kappa shape index (κ2) is 9.11. The zero-order chi connectivity index (χ0) is 18.2. The van der Waals surface area contributed by atoms with Crippen molar-refractivity contribution >= 4 is 5.91 Å². The lowest BCUT2D eigenvalue weighted by molar-refractivity contribution is -0.127. The van der Waals surface area contributed by atoms with E-state index in [-0.39, 0.29) is 5.91 Å². The van der Waals surface area contributed by atoms with Gasteiger partial charge < -0.3 is 14.8 Å². The van der Waals surface area contributed by atoms with E-state index in [2.05, 4.69) is 12.2 Å². The number of carbonyl (C=O) groups excluding carboxylic acids is 1. The summed E-state index contributed by atoms with van der Waals surface area (Å²) in [4.78, 5) is 12.1. The van der Waals surface area contributed by atoms with Crippen LogP contribution >= 0.6 is 0 Å². The first-order valence-corrected chi connectivity index (χ1v) is 8.64. The maximum absolute atomic E-state index is 12.1. The Kier molecular flexibility index (Phi) is 6.87. The summed E-state index contributed by atoms with van der Waals surface area (Å²) in [5.74, 6) is 1.49. The summed E-state index contributed by atoms with van der Waals surface area (Å²) < 4.78 is 10.9. The van der Waals surface area contributed by atoms with E-state index < -0.39 is 6.10 Å². The molecule has 1 amide bonds. The van der Waals surface area contributed by atoms with Gasteiger partial charge in [-0.05, 0) is 74.6 Å². The second-order valence-corrected chi connectivity index (χ2v) is 6.25. The van der Waals surface area contributed by atoms with Gasteiger partial charge in [-0.15, -0.1) is 0 Å². The zero-order valence-electron chi connectivity index (χ0n) is 15.5. The van der Waals surface area contributed by atoms with Crippen LogP contribution in [0, 0.1) is 13.8 Å². The van der Waals surface area contributed by atoms with E-state index in [1.54, 1.807) is 14.0 Å².